The van der Waals surface area contributed by atoms with Crippen LogP contribution in [-0.2, 0) is 10.5 Å². The van der Waals surface area contributed by atoms with Crippen LogP contribution < -0.4 is 10.6 Å². The van der Waals surface area contributed by atoms with Crippen molar-refractivity contribution in [2.75, 3.05) is 35.5 Å². The van der Waals surface area contributed by atoms with Crippen molar-refractivity contribution in [3.8, 4) is 0 Å². The average molecular weight is 351 g/mol. The summed E-state index contributed by atoms with van der Waals surface area (Å²) in [5.74, 6) is 1.30. The van der Waals surface area contributed by atoms with E-state index in [2.05, 4.69) is 4.90 Å². The fourth-order valence-corrected chi connectivity index (χ4v) is 3.10. The number of anilines is 1. The Morgan fingerprint density at radius 1 is 1.24 bits per heavy atom. The van der Waals surface area contributed by atoms with Crippen LogP contribution in [-0.4, -0.2) is 47.7 Å². The Hall–Kier alpha value is -0.620. The summed E-state index contributed by atoms with van der Waals surface area (Å²) in [6, 6.07) is 7.32. The van der Waals surface area contributed by atoms with Crippen LogP contribution in [0, 0.1) is 0 Å². The monoisotopic (exact) mass is 350 g/mol. The summed E-state index contributed by atoms with van der Waals surface area (Å²) in [7, 11) is 0. The summed E-state index contributed by atoms with van der Waals surface area (Å²) < 4.78 is 0. The highest BCUT2D eigenvalue weighted by atomic mass is 35.5. The number of aliphatic carboxylic acids is 1. The molecule has 0 bridgehead atoms. The Bertz CT molecular complexity index is 425. The molecule has 1 atom stereocenters. The van der Waals surface area contributed by atoms with Crippen molar-refractivity contribution in [2.45, 2.75) is 11.8 Å². The van der Waals surface area contributed by atoms with Crippen molar-refractivity contribution in [1.82, 2.24) is 0 Å². The van der Waals surface area contributed by atoms with Gasteiger partial charge in [0.2, 0.25) is 0 Å². The van der Waals surface area contributed by atoms with E-state index in [1.54, 1.807) is 0 Å². The van der Waals surface area contributed by atoms with Gasteiger partial charge in [0.25, 0.3) is 0 Å². The predicted molar refractivity (Wildman–Crippen MR) is 91.9 cm³/mol. The first-order valence-electron chi connectivity index (χ1n) is 6.60. The third-order valence-corrected chi connectivity index (χ3v) is 4.36. The molecule has 0 spiro atoms. The van der Waals surface area contributed by atoms with Crippen molar-refractivity contribution in [1.29, 1.82) is 0 Å². The molecule has 0 radical (unpaired) electrons. The lowest BCUT2D eigenvalue weighted by atomic mass is 10.2. The Morgan fingerprint density at radius 2 is 1.81 bits per heavy atom. The molecule has 118 valence electrons. The summed E-state index contributed by atoms with van der Waals surface area (Å²) in [5.41, 5.74) is 7.69. The molecule has 0 heterocycles. The number of halogens is 2. The maximum atomic E-state index is 10.6. The first kappa shape index (κ1) is 18.4. The zero-order valence-electron chi connectivity index (χ0n) is 11.7. The number of carbonyl (C=O) groups is 1. The minimum absolute atomic E-state index is 0.404. The summed E-state index contributed by atoms with van der Waals surface area (Å²) in [6.45, 7) is 1.52. The van der Waals surface area contributed by atoms with E-state index < -0.39 is 12.0 Å². The topological polar surface area (TPSA) is 66.6 Å². The lowest BCUT2D eigenvalue weighted by Crippen LogP contribution is -2.32. The van der Waals surface area contributed by atoms with E-state index in [1.807, 2.05) is 24.3 Å². The smallest absolute Gasteiger partial charge is 0.321 e. The molecule has 0 aliphatic heterocycles. The Kier molecular flexibility index (Phi) is 8.92. The van der Waals surface area contributed by atoms with E-state index in [0.29, 0.717) is 17.5 Å². The largest absolute Gasteiger partial charge is 0.480 e. The fourth-order valence-electron chi connectivity index (χ4n) is 1.75. The summed E-state index contributed by atoms with van der Waals surface area (Å²) in [4.78, 5) is 12.8. The standard InChI is InChI=1S/C14H20Cl2N2O2S/c15-5-7-18(8-6-16)12-3-1-11(2-4-12)9-21-10-13(17)14(19)20/h1-4,13H,5-10,17H2,(H,19,20). The molecule has 0 fully saturated rings. The van der Waals surface area contributed by atoms with Gasteiger partial charge in [0.15, 0.2) is 0 Å². The van der Waals surface area contributed by atoms with Crippen LogP contribution in [0.15, 0.2) is 24.3 Å². The van der Waals surface area contributed by atoms with E-state index in [-0.39, 0.29) is 0 Å². The second kappa shape index (κ2) is 10.2. The number of rotatable bonds is 10. The van der Waals surface area contributed by atoms with Crippen molar-refractivity contribution in [3.63, 3.8) is 0 Å². The minimum Gasteiger partial charge on any atom is -0.480 e. The number of nitrogens with zero attached hydrogens (tertiary/aromatic N) is 1. The quantitative estimate of drug-likeness (QED) is 0.635. The van der Waals surface area contributed by atoms with Crippen molar-refractivity contribution in [3.05, 3.63) is 29.8 Å². The van der Waals surface area contributed by atoms with Gasteiger partial charge < -0.3 is 15.7 Å². The number of hydrogen-bond donors (Lipinski definition) is 2. The normalized spacial score (nSPS) is 12.1. The van der Waals surface area contributed by atoms with Crippen LogP contribution in [0.4, 0.5) is 5.69 Å². The number of hydrogen-bond acceptors (Lipinski definition) is 4. The highest BCUT2D eigenvalue weighted by molar-refractivity contribution is 7.98. The van der Waals surface area contributed by atoms with Gasteiger partial charge in [-0.2, -0.15) is 11.8 Å². The molecule has 7 heteroatoms. The molecule has 1 rings (SSSR count). The molecule has 0 aliphatic rings. The summed E-state index contributed by atoms with van der Waals surface area (Å²) in [5, 5.41) is 8.71. The van der Waals surface area contributed by atoms with Gasteiger partial charge in [0.1, 0.15) is 6.04 Å². The SMILES string of the molecule is NC(CSCc1ccc(N(CCCl)CCCl)cc1)C(=O)O. The van der Waals surface area contributed by atoms with Gasteiger partial charge in [0.05, 0.1) is 0 Å². The highest BCUT2D eigenvalue weighted by Gasteiger charge is 2.11. The van der Waals surface area contributed by atoms with Crippen LogP contribution in [0.5, 0.6) is 0 Å². The molecule has 21 heavy (non-hydrogen) atoms. The van der Waals surface area contributed by atoms with E-state index in [9.17, 15) is 4.79 Å². The molecule has 0 amide bonds. The Labute approximate surface area is 139 Å². The molecule has 0 saturated heterocycles. The van der Waals surface area contributed by atoms with Crippen molar-refractivity contribution in [2.24, 2.45) is 5.73 Å². The second-order valence-corrected chi connectivity index (χ2v) is 6.28. The van der Waals surface area contributed by atoms with E-state index in [0.717, 1.165) is 30.1 Å². The minimum atomic E-state index is -0.962. The molecule has 3 N–H and O–H groups in total. The molecule has 1 aromatic carbocycles. The van der Waals surface area contributed by atoms with Crippen molar-refractivity contribution < 1.29 is 9.90 Å². The second-order valence-electron chi connectivity index (χ2n) is 4.49. The zero-order chi connectivity index (χ0) is 15.7. The first-order chi connectivity index (χ1) is 10.1. The number of nitrogens with two attached hydrogens (primary N) is 1. The molecular formula is C14H20Cl2N2O2S. The van der Waals surface area contributed by atoms with E-state index in [4.69, 9.17) is 34.0 Å². The van der Waals surface area contributed by atoms with Gasteiger partial charge in [0, 0.05) is 42.0 Å². The average Bonchev–Trinajstić information content (AvgIpc) is 2.47. The number of thioether (sulfide) groups is 1. The molecular weight excluding hydrogens is 331 g/mol. The number of alkyl halides is 2. The maximum Gasteiger partial charge on any atom is 0.321 e. The van der Waals surface area contributed by atoms with Crippen LogP contribution >= 0.6 is 35.0 Å². The van der Waals surface area contributed by atoms with Crippen molar-refractivity contribution >= 4 is 46.6 Å². The number of benzene rings is 1. The molecule has 1 unspecified atom stereocenters. The van der Waals surface area contributed by atoms with Crippen LogP contribution in [0.2, 0.25) is 0 Å². The molecule has 0 saturated carbocycles. The van der Waals surface area contributed by atoms with Gasteiger partial charge in [-0.1, -0.05) is 12.1 Å². The van der Waals surface area contributed by atoms with Gasteiger partial charge in [-0.15, -0.1) is 23.2 Å². The van der Waals surface area contributed by atoms with E-state index in [1.165, 1.54) is 11.8 Å². The van der Waals surface area contributed by atoms with Crippen LogP contribution in [0.1, 0.15) is 5.56 Å². The number of carboxylic acid groups (broad SMARTS) is 1. The van der Waals surface area contributed by atoms with Crippen LogP contribution in [0.25, 0.3) is 0 Å². The maximum absolute atomic E-state index is 10.6. The summed E-state index contributed by atoms with van der Waals surface area (Å²) in [6.07, 6.45) is 0. The van der Waals surface area contributed by atoms with Gasteiger partial charge in [-0.05, 0) is 17.7 Å². The summed E-state index contributed by atoms with van der Waals surface area (Å²) >= 11 is 13.1. The molecule has 4 nitrogen and oxygen atoms in total. The fraction of sp³-hybridized carbons (Fsp3) is 0.500. The molecule has 0 aliphatic carbocycles. The van der Waals surface area contributed by atoms with Gasteiger partial charge >= 0.3 is 5.97 Å². The molecule has 1 aromatic rings. The highest BCUT2D eigenvalue weighted by Crippen LogP contribution is 2.19. The first-order valence-corrected chi connectivity index (χ1v) is 8.82. The zero-order valence-corrected chi connectivity index (χ0v) is 14.0. The Morgan fingerprint density at radius 3 is 2.29 bits per heavy atom. The van der Waals surface area contributed by atoms with Gasteiger partial charge in [-0.3, -0.25) is 4.79 Å². The van der Waals surface area contributed by atoms with Crippen LogP contribution in [0.3, 0.4) is 0 Å². The lowest BCUT2D eigenvalue weighted by Gasteiger charge is -2.23. The molecule has 0 aromatic heterocycles. The Balaban J connectivity index is 2.51. The lowest BCUT2D eigenvalue weighted by molar-refractivity contribution is -0.137. The number of carboxylic acids is 1. The van der Waals surface area contributed by atoms with Gasteiger partial charge in [-0.25, -0.2) is 0 Å². The third kappa shape index (κ3) is 6.78. The predicted octanol–water partition coefficient (Wildman–Crippen LogP) is 2.62. The third-order valence-electron chi connectivity index (χ3n) is 2.89. The van der Waals surface area contributed by atoms with E-state index >= 15 is 0 Å².